The summed E-state index contributed by atoms with van der Waals surface area (Å²) in [4.78, 5) is 0. The number of benzene rings is 3. The lowest BCUT2D eigenvalue weighted by atomic mass is 9.84. The van der Waals surface area contributed by atoms with Crippen LogP contribution in [0, 0.1) is 13.8 Å². The summed E-state index contributed by atoms with van der Waals surface area (Å²) >= 11 is 0. The molecule has 0 radical (unpaired) electrons. The van der Waals surface area contributed by atoms with Gasteiger partial charge in [0.15, 0.2) is 0 Å². The number of aryl methyl sites for hydroxylation is 2. The van der Waals surface area contributed by atoms with Crippen LogP contribution in [0.2, 0.25) is 0 Å². The fourth-order valence-electron chi connectivity index (χ4n) is 3.46. The van der Waals surface area contributed by atoms with Crippen LogP contribution in [0.4, 0.5) is 0 Å². The third-order valence-electron chi connectivity index (χ3n) is 4.75. The largest absolute Gasteiger partial charge is 0.0988 e. The summed E-state index contributed by atoms with van der Waals surface area (Å²) in [6.45, 7) is 10.7. The first-order chi connectivity index (χ1) is 11.7. The Labute approximate surface area is 145 Å². The molecule has 3 rings (SSSR count). The molecule has 0 spiro atoms. The van der Waals surface area contributed by atoms with Crippen molar-refractivity contribution < 1.29 is 0 Å². The number of fused-ring (bicyclic) bond motifs is 1. The molecular weight excluding hydrogens is 288 g/mol. The second kappa shape index (κ2) is 6.88. The van der Waals surface area contributed by atoms with E-state index in [4.69, 9.17) is 0 Å². The molecule has 0 heteroatoms. The van der Waals surface area contributed by atoms with Crippen molar-refractivity contribution in [3.8, 4) is 0 Å². The highest BCUT2D eigenvalue weighted by atomic mass is 14.2. The van der Waals surface area contributed by atoms with Crippen LogP contribution in [0.25, 0.3) is 16.3 Å². The third-order valence-corrected chi connectivity index (χ3v) is 4.75. The summed E-state index contributed by atoms with van der Waals surface area (Å²) in [5, 5.41) is 2.59. The van der Waals surface area contributed by atoms with Crippen LogP contribution in [0.1, 0.15) is 35.6 Å². The zero-order valence-electron chi connectivity index (χ0n) is 14.8. The number of allylic oxidation sites excluding steroid dienone is 2. The second-order valence-corrected chi connectivity index (χ2v) is 6.25. The van der Waals surface area contributed by atoms with Gasteiger partial charge in [-0.3, -0.25) is 0 Å². The summed E-state index contributed by atoms with van der Waals surface area (Å²) in [5.74, 6) is 0. The maximum Gasteiger partial charge on any atom is -0.00672 e. The molecule has 3 aromatic rings. The first-order valence-corrected chi connectivity index (χ1v) is 8.57. The standard InChI is InChI=1S/C24H24/c1-5-19(6-2)24(21-13-9-7-11-17(21)3)23-18(4)15-16-20-12-8-10-14-22(20)23/h5,7-16H,1,6H2,2-4H3/b24-19-. The van der Waals surface area contributed by atoms with Crippen molar-refractivity contribution in [1.82, 2.24) is 0 Å². The number of hydrogen-bond acceptors (Lipinski definition) is 0. The van der Waals surface area contributed by atoms with Crippen molar-refractivity contribution in [2.75, 3.05) is 0 Å². The van der Waals surface area contributed by atoms with Gasteiger partial charge in [-0.1, -0.05) is 80.2 Å². The summed E-state index contributed by atoms with van der Waals surface area (Å²) in [7, 11) is 0. The van der Waals surface area contributed by atoms with E-state index < -0.39 is 0 Å². The average molecular weight is 312 g/mol. The zero-order chi connectivity index (χ0) is 17.1. The van der Waals surface area contributed by atoms with Crippen LogP contribution >= 0.6 is 0 Å². The maximum atomic E-state index is 4.09. The monoisotopic (exact) mass is 312 g/mol. The highest BCUT2D eigenvalue weighted by Crippen LogP contribution is 2.37. The van der Waals surface area contributed by atoms with Gasteiger partial charge in [-0.25, -0.2) is 0 Å². The van der Waals surface area contributed by atoms with Crippen molar-refractivity contribution in [1.29, 1.82) is 0 Å². The molecule has 0 unspecified atom stereocenters. The van der Waals surface area contributed by atoms with Crippen LogP contribution in [0.5, 0.6) is 0 Å². The molecule has 0 saturated heterocycles. The summed E-state index contributed by atoms with van der Waals surface area (Å²) in [6.07, 6.45) is 2.98. The Kier molecular flexibility index (Phi) is 4.66. The normalized spacial score (nSPS) is 12.1. The molecular formula is C24H24. The molecule has 0 saturated carbocycles. The molecule has 0 nitrogen and oxygen atoms in total. The first-order valence-electron chi connectivity index (χ1n) is 8.57. The van der Waals surface area contributed by atoms with Gasteiger partial charge in [-0.2, -0.15) is 0 Å². The Balaban J connectivity index is 2.46. The lowest BCUT2D eigenvalue weighted by molar-refractivity contribution is 1.15. The number of rotatable bonds is 4. The van der Waals surface area contributed by atoms with E-state index in [0.29, 0.717) is 0 Å². The average Bonchev–Trinajstić information content (AvgIpc) is 2.61. The minimum atomic E-state index is 0.968. The summed E-state index contributed by atoms with van der Waals surface area (Å²) in [5.41, 5.74) is 7.85. The van der Waals surface area contributed by atoms with E-state index >= 15 is 0 Å². The van der Waals surface area contributed by atoms with Crippen LogP contribution in [0.15, 0.2) is 78.9 Å². The molecule has 120 valence electrons. The molecule has 0 aliphatic carbocycles. The van der Waals surface area contributed by atoms with Gasteiger partial charge in [0.25, 0.3) is 0 Å². The summed E-state index contributed by atoms with van der Waals surface area (Å²) < 4.78 is 0. The van der Waals surface area contributed by atoms with Gasteiger partial charge in [0.1, 0.15) is 0 Å². The molecule has 0 fully saturated rings. The Morgan fingerprint density at radius 1 is 0.875 bits per heavy atom. The van der Waals surface area contributed by atoms with E-state index in [1.165, 1.54) is 44.2 Å². The maximum absolute atomic E-state index is 4.09. The summed E-state index contributed by atoms with van der Waals surface area (Å²) in [6, 6.07) is 21.7. The molecule has 0 aliphatic heterocycles. The van der Waals surface area contributed by atoms with Crippen molar-refractivity contribution in [2.45, 2.75) is 27.2 Å². The predicted octanol–water partition coefficient (Wildman–Crippen LogP) is 6.85. The van der Waals surface area contributed by atoms with E-state index in [1.807, 2.05) is 6.08 Å². The van der Waals surface area contributed by atoms with Crippen LogP contribution in [-0.2, 0) is 0 Å². The van der Waals surface area contributed by atoms with Crippen molar-refractivity contribution in [2.24, 2.45) is 0 Å². The third kappa shape index (κ3) is 2.80. The fraction of sp³-hybridized carbons (Fsp3) is 0.167. The Bertz CT molecular complexity index is 926. The van der Waals surface area contributed by atoms with Crippen molar-refractivity contribution in [3.63, 3.8) is 0 Å². The van der Waals surface area contributed by atoms with Crippen LogP contribution in [-0.4, -0.2) is 0 Å². The molecule has 0 heterocycles. The van der Waals surface area contributed by atoms with E-state index in [1.54, 1.807) is 0 Å². The molecule has 0 amide bonds. The molecule has 3 aromatic carbocycles. The molecule has 0 aliphatic rings. The van der Waals surface area contributed by atoms with Gasteiger partial charge in [0, 0.05) is 0 Å². The van der Waals surface area contributed by atoms with Gasteiger partial charge < -0.3 is 0 Å². The second-order valence-electron chi connectivity index (χ2n) is 6.25. The minimum absolute atomic E-state index is 0.968. The minimum Gasteiger partial charge on any atom is -0.0988 e. The van der Waals surface area contributed by atoms with Gasteiger partial charge in [-0.05, 0) is 64.4 Å². The van der Waals surface area contributed by atoms with Gasteiger partial charge in [0.05, 0.1) is 0 Å². The number of hydrogen-bond donors (Lipinski definition) is 0. The molecule has 24 heavy (non-hydrogen) atoms. The van der Waals surface area contributed by atoms with Gasteiger partial charge >= 0.3 is 0 Å². The highest BCUT2D eigenvalue weighted by Gasteiger charge is 2.16. The quantitative estimate of drug-likeness (QED) is 0.462. The van der Waals surface area contributed by atoms with E-state index in [0.717, 1.165) is 6.42 Å². The predicted molar refractivity (Wildman–Crippen MR) is 106 cm³/mol. The Hall–Kier alpha value is -2.60. The molecule has 0 bridgehead atoms. The zero-order valence-corrected chi connectivity index (χ0v) is 14.8. The Morgan fingerprint density at radius 3 is 2.29 bits per heavy atom. The van der Waals surface area contributed by atoms with Crippen LogP contribution < -0.4 is 0 Å². The lowest BCUT2D eigenvalue weighted by Crippen LogP contribution is -1.99. The molecule has 0 N–H and O–H groups in total. The Morgan fingerprint density at radius 2 is 1.58 bits per heavy atom. The highest BCUT2D eigenvalue weighted by molar-refractivity contribution is 6.00. The van der Waals surface area contributed by atoms with E-state index in [2.05, 4.69) is 88.0 Å². The van der Waals surface area contributed by atoms with E-state index in [-0.39, 0.29) is 0 Å². The van der Waals surface area contributed by atoms with Gasteiger partial charge in [0.2, 0.25) is 0 Å². The fourth-order valence-corrected chi connectivity index (χ4v) is 3.46. The van der Waals surface area contributed by atoms with Gasteiger partial charge in [-0.15, -0.1) is 0 Å². The topological polar surface area (TPSA) is 0 Å². The van der Waals surface area contributed by atoms with Crippen molar-refractivity contribution >= 4 is 16.3 Å². The van der Waals surface area contributed by atoms with Crippen molar-refractivity contribution in [3.05, 3.63) is 101 Å². The first kappa shape index (κ1) is 16.3. The lowest BCUT2D eigenvalue weighted by Gasteiger charge is -2.19. The smallest absolute Gasteiger partial charge is 0.00672 e. The van der Waals surface area contributed by atoms with E-state index in [9.17, 15) is 0 Å². The SMILES string of the molecule is C=C/C(CC)=C(\c1ccccc1C)c1c(C)ccc2ccccc12. The van der Waals surface area contributed by atoms with Crippen LogP contribution in [0.3, 0.4) is 0 Å². The molecule has 0 atom stereocenters. The molecule has 0 aromatic heterocycles.